The van der Waals surface area contributed by atoms with E-state index in [2.05, 4.69) is 22.5 Å². The maximum atomic E-state index is 5.73. The van der Waals surface area contributed by atoms with Crippen molar-refractivity contribution in [1.29, 1.82) is 0 Å². The lowest BCUT2D eigenvalue weighted by molar-refractivity contribution is 1.11. The van der Waals surface area contributed by atoms with Crippen molar-refractivity contribution in [2.75, 3.05) is 11.9 Å². The smallest absolute Gasteiger partial charge is 0.184 e. The number of nitrogens with zero attached hydrogens (tertiary/aromatic N) is 1. The summed E-state index contributed by atoms with van der Waals surface area (Å²) in [5.74, 6) is 0.849. The van der Waals surface area contributed by atoms with Crippen LogP contribution < -0.4 is 5.32 Å². The van der Waals surface area contributed by atoms with Crippen LogP contribution in [-0.2, 0) is 0 Å². The average Bonchev–Trinajstić information content (AvgIpc) is 2.84. The summed E-state index contributed by atoms with van der Waals surface area (Å²) in [6, 6.07) is 0. The zero-order valence-corrected chi connectivity index (χ0v) is 8.74. The Morgan fingerprint density at radius 3 is 3.15 bits per heavy atom. The molecule has 70 valence electrons. The molecule has 1 fully saturated rings. The van der Waals surface area contributed by atoms with E-state index in [-0.39, 0.29) is 0 Å². The molecule has 0 atom stereocenters. The highest BCUT2D eigenvalue weighted by Crippen LogP contribution is 2.30. The van der Waals surface area contributed by atoms with Gasteiger partial charge in [-0.25, -0.2) is 4.98 Å². The predicted octanol–water partition coefficient (Wildman–Crippen LogP) is 3.17. The first-order valence-electron chi connectivity index (χ1n) is 4.36. The maximum absolute atomic E-state index is 5.73. The molecule has 1 aliphatic carbocycles. The Hall–Kier alpha value is -0.540. The van der Waals surface area contributed by atoms with Gasteiger partial charge >= 0.3 is 0 Å². The summed E-state index contributed by atoms with van der Waals surface area (Å²) in [7, 11) is 0. The Morgan fingerprint density at radius 2 is 2.54 bits per heavy atom. The molecule has 1 aliphatic rings. The molecule has 1 N–H and O–H groups in total. The van der Waals surface area contributed by atoms with E-state index in [0.29, 0.717) is 0 Å². The minimum absolute atomic E-state index is 0.730. The zero-order valence-electron chi connectivity index (χ0n) is 7.16. The average molecular weight is 215 g/mol. The molecule has 1 heterocycles. The lowest BCUT2D eigenvalue weighted by Crippen LogP contribution is -1.96. The molecular weight excluding hydrogens is 204 g/mol. The monoisotopic (exact) mass is 214 g/mol. The van der Waals surface area contributed by atoms with Crippen molar-refractivity contribution in [3.05, 3.63) is 22.7 Å². The van der Waals surface area contributed by atoms with Gasteiger partial charge in [-0.1, -0.05) is 35.1 Å². The third-order valence-electron chi connectivity index (χ3n) is 1.88. The highest BCUT2D eigenvalue weighted by Gasteiger charge is 2.16. The van der Waals surface area contributed by atoms with Crippen LogP contribution in [0.2, 0.25) is 4.34 Å². The van der Waals surface area contributed by atoms with Gasteiger partial charge in [0.2, 0.25) is 0 Å². The Morgan fingerprint density at radius 1 is 1.69 bits per heavy atom. The molecule has 1 saturated carbocycles. The second-order valence-electron chi connectivity index (χ2n) is 3.12. The fourth-order valence-electron chi connectivity index (χ4n) is 1.03. The van der Waals surface area contributed by atoms with Crippen molar-refractivity contribution in [3.63, 3.8) is 0 Å². The van der Waals surface area contributed by atoms with E-state index in [4.69, 9.17) is 11.6 Å². The Kier molecular flexibility index (Phi) is 2.86. The molecule has 0 unspecified atom stereocenters. The van der Waals surface area contributed by atoms with Crippen molar-refractivity contribution >= 4 is 28.1 Å². The van der Waals surface area contributed by atoms with Gasteiger partial charge in [0.1, 0.15) is 4.34 Å². The van der Waals surface area contributed by atoms with Crippen LogP contribution in [0.25, 0.3) is 0 Å². The minimum Gasteiger partial charge on any atom is -0.358 e. The van der Waals surface area contributed by atoms with Crippen LogP contribution in [0.15, 0.2) is 18.3 Å². The van der Waals surface area contributed by atoms with Crippen LogP contribution in [0.5, 0.6) is 0 Å². The zero-order chi connectivity index (χ0) is 9.10. The maximum Gasteiger partial charge on any atom is 0.184 e. The largest absolute Gasteiger partial charge is 0.358 e. The van der Waals surface area contributed by atoms with E-state index in [1.165, 1.54) is 24.2 Å². The molecule has 1 aromatic heterocycles. The third-order valence-corrected chi connectivity index (χ3v) is 2.95. The van der Waals surface area contributed by atoms with Gasteiger partial charge in [-0.2, -0.15) is 0 Å². The molecule has 2 rings (SSSR count). The fourth-order valence-corrected chi connectivity index (χ4v) is 1.85. The first-order chi connectivity index (χ1) is 6.34. The summed E-state index contributed by atoms with van der Waals surface area (Å²) in [6.45, 7) is 0.848. The molecule has 1 aromatic rings. The summed E-state index contributed by atoms with van der Waals surface area (Å²) in [5.41, 5.74) is 0. The van der Waals surface area contributed by atoms with E-state index in [0.717, 1.165) is 21.9 Å². The summed E-state index contributed by atoms with van der Waals surface area (Å²) < 4.78 is 0.730. The molecule has 4 heteroatoms. The molecule has 0 saturated heterocycles. The number of hydrogen-bond acceptors (Lipinski definition) is 3. The van der Waals surface area contributed by atoms with Crippen LogP contribution in [0, 0.1) is 5.92 Å². The van der Waals surface area contributed by atoms with E-state index < -0.39 is 0 Å². The molecule has 0 amide bonds. The van der Waals surface area contributed by atoms with Gasteiger partial charge in [-0.05, 0) is 18.8 Å². The molecular formula is C9H11ClN2S. The Bertz CT molecular complexity index is 304. The highest BCUT2D eigenvalue weighted by atomic mass is 35.5. The standard InChI is InChI=1S/C9H11ClN2S/c10-8-6-12-9(13-8)11-5-1-2-7-3-4-7/h1-2,6-7H,3-5H2,(H,11,12)/b2-1+. The van der Waals surface area contributed by atoms with Gasteiger partial charge in [0, 0.05) is 6.54 Å². The van der Waals surface area contributed by atoms with Crippen LogP contribution in [0.4, 0.5) is 5.13 Å². The van der Waals surface area contributed by atoms with Crippen LogP contribution in [0.3, 0.4) is 0 Å². The van der Waals surface area contributed by atoms with E-state index in [1.54, 1.807) is 6.20 Å². The van der Waals surface area contributed by atoms with E-state index >= 15 is 0 Å². The first-order valence-corrected chi connectivity index (χ1v) is 5.56. The first kappa shape index (κ1) is 9.03. The molecule has 0 bridgehead atoms. The second kappa shape index (κ2) is 4.11. The number of aromatic nitrogens is 1. The molecule has 0 spiro atoms. The SMILES string of the molecule is Clc1cnc(NC/C=C/C2CC2)s1. The van der Waals surface area contributed by atoms with Gasteiger partial charge in [0.05, 0.1) is 6.20 Å². The lowest BCUT2D eigenvalue weighted by atomic mass is 10.4. The van der Waals surface area contributed by atoms with E-state index in [9.17, 15) is 0 Å². The number of anilines is 1. The summed E-state index contributed by atoms with van der Waals surface area (Å²) in [4.78, 5) is 4.09. The number of halogens is 1. The van der Waals surface area contributed by atoms with Crippen molar-refractivity contribution in [2.24, 2.45) is 5.92 Å². The molecule has 0 aromatic carbocycles. The summed E-state index contributed by atoms with van der Waals surface area (Å²) in [6.07, 6.45) is 8.81. The molecule has 2 nitrogen and oxygen atoms in total. The highest BCUT2D eigenvalue weighted by molar-refractivity contribution is 7.19. The van der Waals surface area contributed by atoms with Gasteiger partial charge < -0.3 is 5.32 Å². The van der Waals surface area contributed by atoms with Gasteiger partial charge in [-0.3, -0.25) is 0 Å². The van der Waals surface area contributed by atoms with Crippen molar-refractivity contribution in [2.45, 2.75) is 12.8 Å². The van der Waals surface area contributed by atoms with E-state index in [1.807, 2.05) is 0 Å². The number of hydrogen-bond donors (Lipinski definition) is 1. The van der Waals surface area contributed by atoms with Crippen molar-refractivity contribution < 1.29 is 0 Å². The minimum atomic E-state index is 0.730. The Balaban J connectivity index is 1.72. The third kappa shape index (κ3) is 3.01. The fraction of sp³-hybridized carbons (Fsp3) is 0.444. The van der Waals surface area contributed by atoms with Crippen molar-refractivity contribution in [3.8, 4) is 0 Å². The normalized spacial score (nSPS) is 16.7. The summed E-state index contributed by atoms with van der Waals surface area (Å²) >= 11 is 7.20. The van der Waals surface area contributed by atoms with Gasteiger partial charge in [0.15, 0.2) is 5.13 Å². The van der Waals surface area contributed by atoms with Gasteiger partial charge in [0.25, 0.3) is 0 Å². The second-order valence-corrected chi connectivity index (χ2v) is 4.78. The topological polar surface area (TPSA) is 24.9 Å². The number of allylic oxidation sites excluding steroid dienone is 1. The summed E-state index contributed by atoms with van der Waals surface area (Å²) in [5, 5.41) is 4.08. The van der Waals surface area contributed by atoms with Gasteiger partial charge in [-0.15, -0.1) is 0 Å². The lowest BCUT2D eigenvalue weighted by Gasteiger charge is -1.94. The Labute approximate surface area is 86.6 Å². The molecule has 0 aliphatic heterocycles. The molecule has 0 radical (unpaired) electrons. The van der Waals surface area contributed by atoms with Crippen LogP contribution in [0.1, 0.15) is 12.8 Å². The predicted molar refractivity (Wildman–Crippen MR) is 57.5 cm³/mol. The van der Waals surface area contributed by atoms with Crippen LogP contribution in [-0.4, -0.2) is 11.5 Å². The number of rotatable bonds is 4. The number of thiazole rings is 1. The van der Waals surface area contributed by atoms with Crippen molar-refractivity contribution in [1.82, 2.24) is 4.98 Å². The molecule has 13 heavy (non-hydrogen) atoms. The number of nitrogens with one attached hydrogen (secondary N) is 1. The van der Waals surface area contributed by atoms with Crippen LogP contribution >= 0.6 is 22.9 Å². The quantitative estimate of drug-likeness (QED) is 0.779.